The lowest BCUT2D eigenvalue weighted by atomic mass is 10.0. The number of halogens is 2. The van der Waals surface area contributed by atoms with E-state index in [0.717, 1.165) is 5.56 Å². The zero-order valence-corrected chi connectivity index (χ0v) is 13.4. The quantitative estimate of drug-likeness (QED) is 0.565. The van der Waals surface area contributed by atoms with Crippen LogP contribution in [0.4, 0.5) is 0 Å². The normalized spacial score (nSPS) is 11.5. The van der Waals surface area contributed by atoms with E-state index in [1.807, 2.05) is 0 Å². The van der Waals surface area contributed by atoms with E-state index in [1.54, 1.807) is 24.3 Å². The Balaban J connectivity index is 2.01. The van der Waals surface area contributed by atoms with Crippen LogP contribution in [0.3, 0.4) is 0 Å². The van der Waals surface area contributed by atoms with Gasteiger partial charge in [-0.15, -0.1) is 0 Å². The Morgan fingerprint density at radius 2 is 2.09 bits per heavy atom. The van der Waals surface area contributed by atoms with Gasteiger partial charge in [-0.05, 0) is 12.1 Å². The lowest BCUT2D eigenvalue weighted by molar-refractivity contribution is -0.118. The number of carbonyl (C=O) groups is 1. The monoisotopic (exact) mass is 340 g/mol. The van der Waals surface area contributed by atoms with Gasteiger partial charge in [0.25, 0.3) is 0 Å². The second-order valence-electron chi connectivity index (χ2n) is 4.56. The largest absolute Gasteiger partial charge is 0.399 e. The van der Waals surface area contributed by atoms with E-state index in [2.05, 4.69) is 10.3 Å². The smallest absolute Gasteiger partial charge is 0.139 e. The molecule has 0 aliphatic rings. The van der Waals surface area contributed by atoms with Gasteiger partial charge in [-0.25, -0.2) is 0 Å². The number of Topliss-reactive ketones (excluding diaryl/α,β-unsaturated/α-hetero) is 1. The summed E-state index contributed by atoms with van der Waals surface area (Å²) in [4.78, 5) is 16.8. The molecule has 0 aliphatic carbocycles. The van der Waals surface area contributed by atoms with Gasteiger partial charge < -0.3 is 9.36 Å². The van der Waals surface area contributed by atoms with Crippen LogP contribution in [-0.2, 0) is 16.1 Å². The van der Waals surface area contributed by atoms with Gasteiger partial charge in [0.15, 0.2) is 0 Å². The molecule has 0 saturated carbocycles. The van der Waals surface area contributed by atoms with Gasteiger partial charge in [0.2, 0.25) is 0 Å². The predicted molar refractivity (Wildman–Crippen MR) is 84.5 cm³/mol. The fourth-order valence-electron chi connectivity index (χ4n) is 1.91. The maximum Gasteiger partial charge on any atom is 0.139 e. The average molecular weight is 341 g/mol. The molecule has 5 nitrogen and oxygen atoms in total. The number of carbonyl (C=O) groups excluding carboxylic acids is 1. The van der Waals surface area contributed by atoms with Crippen molar-refractivity contribution in [2.45, 2.75) is 19.3 Å². The Morgan fingerprint density at radius 1 is 1.27 bits per heavy atom. The zero-order valence-electron chi connectivity index (χ0n) is 11.9. The standard InChI is InChI=1S/C15H14Cl2N2O3/c1-21-19-15(10-2-4-13(16)14(17)8-10)5-3-12(20)9-11-6-7-22-18-11/h2,4,6-8H,3,5,9H2,1H3/b19-15-. The van der Waals surface area contributed by atoms with Crippen LogP contribution in [0.2, 0.25) is 10.0 Å². The molecule has 1 aromatic carbocycles. The highest BCUT2D eigenvalue weighted by Crippen LogP contribution is 2.23. The molecule has 0 saturated heterocycles. The molecule has 7 heteroatoms. The third-order valence-electron chi connectivity index (χ3n) is 2.96. The number of oxime groups is 1. The van der Waals surface area contributed by atoms with Gasteiger partial charge in [-0.1, -0.05) is 39.6 Å². The van der Waals surface area contributed by atoms with E-state index >= 15 is 0 Å². The molecular weight excluding hydrogens is 327 g/mol. The Kier molecular flexibility index (Phi) is 5.98. The number of hydrogen-bond acceptors (Lipinski definition) is 5. The van der Waals surface area contributed by atoms with Crippen LogP contribution in [0.15, 0.2) is 40.2 Å². The number of hydrogen-bond donors (Lipinski definition) is 0. The number of rotatable bonds is 7. The fourth-order valence-corrected chi connectivity index (χ4v) is 2.20. The Labute approximate surface area is 137 Å². The molecule has 1 heterocycles. The van der Waals surface area contributed by atoms with Crippen LogP contribution in [-0.4, -0.2) is 23.8 Å². The van der Waals surface area contributed by atoms with Gasteiger partial charge in [0, 0.05) is 24.5 Å². The van der Waals surface area contributed by atoms with Crippen LogP contribution in [0.1, 0.15) is 24.1 Å². The van der Waals surface area contributed by atoms with Crippen LogP contribution in [0.25, 0.3) is 0 Å². The van der Waals surface area contributed by atoms with Crippen LogP contribution in [0.5, 0.6) is 0 Å². The number of nitrogens with zero attached hydrogens (tertiary/aromatic N) is 2. The molecule has 0 amide bonds. The molecule has 2 aromatic rings. The summed E-state index contributed by atoms with van der Waals surface area (Å²) in [7, 11) is 1.45. The van der Waals surface area contributed by atoms with Gasteiger partial charge >= 0.3 is 0 Å². The first-order chi connectivity index (χ1) is 10.6. The van der Waals surface area contributed by atoms with E-state index < -0.39 is 0 Å². The SMILES string of the molecule is CO/N=C(/CCC(=O)Cc1ccon1)c1ccc(Cl)c(Cl)c1. The lowest BCUT2D eigenvalue weighted by Gasteiger charge is -2.07. The van der Waals surface area contributed by atoms with Crippen molar-refractivity contribution >= 4 is 34.7 Å². The first-order valence-electron chi connectivity index (χ1n) is 6.56. The molecule has 0 bridgehead atoms. The van der Waals surface area contributed by atoms with Crippen LogP contribution >= 0.6 is 23.2 Å². The van der Waals surface area contributed by atoms with Gasteiger partial charge in [-0.2, -0.15) is 0 Å². The molecule has 0 N–H and O–H groups in total. The average Bonchev–Trinajstić information content (AvgIpc) is 2.99. The third-order valence-corrected chi connectivity index (χ3v) is 3.70. The molecule has 0 unspecified atom stereocenters. The summed E-state index contributed by atoms with van der Waals surface area (Å²) in [6.07, 6.45) is 2.42. The highest BCUT2D eigenvalue weighted by atomic mass is 35.5. The van der Waals surface area contributed by atoms with Crippen molar-refractivity contribution in [1.82, 2.24) is 5.16 Å². The van der Waals surface area contributed by atoms with Crippen LogP contribution < -0.4 is 0 Å². The molecule has 0 aliphatic heterocycles. The van der Waals surface area contributed by atoms with Crippen molar-refractivity contribution in [1.29, 1.82) is 0 Å². The molecule has 0 radical (unpaired) electrons. The number of aromatic nitrogens is 1. The summed E-state index contributed by atoms with van der Waals surface area (Å²) in [5.74, 6) is 0.0396. The summed E-state index contributed by atoms with van der Waals surface area (Å²) in [5.41, 5.74) is 2.02. The molecule has 2 rings (SSSR count). The highest BCUT2D eigenvalue weighted by molar-refractivity contribution is 6.42. The van der Waals surface area contributed by atoms with Gasteiger partial charge in [0.1, 0.15) is 19.2 Å². The van der Waals surface area contributed by atoms with E-state index in [4.69, 9.17) is 32.6 Å². The molecule has 116 valence electrons. The molecular formula is C15H14Cl2N2O3. The fraction of sp³-hybridized carbons (Fsp3) is 0.267. The minimum atomic E-state index is 0.0396. The Morgan fingerprint density at radius 3 is 2.73 bits per heavy atom. The molecule has 0 spiro atoms. The first-order valence-corrected chi connectivity index (χ1v) is 7.32. The van der Waals surface area contributed by atoms with E-state index in [9.17, 15) is 4.79 Å². The first kappa shape index (κ1) is 16.5. The van der Waals surface area contributed by atoms with E-state index in [0.29, 0.717) is 34.3 Å². The highest BCUT2D eigenvalue weighted by Gasteiger charge is 2.12. The molecule has 0 fully saturated rings. The number of ketones is 1. The van der Waals surface area contributed by atoms with Crippen molar-refractivity contribution < 1.29 is 14.2 Å². The maximum atomic E-state index is 11.9. The second-order valence-corrected chi connectivity index (χ2v) is 5.37. The minimum Gasteiger partial charge on any atom is -0.399 e. The number of benzene rings is 1. The molecule has 1 aromatic heterocycles. The second kappa shape index (κ2) is 7.96. The maximum absolute atomic E-state index is 11.9. The summed E-state index contributed by atoms with van der Waals surface area (Å²) < 4.78 is 4.70. The van der Waals surface area contributed by atoms with Crippen LogP contribution in [0, 0.1) is 0 Å². The summed E-state index contributed by atoms with van der Waals surface area (Å²) in [5, 5.41) is 8.57. The van der Waals surface area contributed by atoms with E-state index in [1.165, 1.54) is 13.4 Å². The van der Waals surface area contributed by atoms with Crippen molar-refractivity contribution in [3.63, 3.8) is 0 Å². The molecule has 22 heavy (non-hydrogen) atoms. The van der Waals surface area contributed by atoms with Crippen molar-refractivity contribution in [3.8, 4) is 0 Å². The minimum absolute atomic E-state index is 0.0396. The lowest BCUT2D eigenvalue weighted by Crippen LogP contribution is -2.09. The Hall–Kier alpha value is -1.85. The summed E-state index contributed by atoms with van der Waals surface area (Å²) in [6.45, 7) is 0. The van der Waals surface area contributed by atoms with Crippen molar-refractivity contribution in [3.05, 3.63) is 51.8 Å². The van der Waals surface area contributed by atoms with E-state index in [-0.39, 0.29) is 12.2 Å². The van der Waals surface area contributed by atoms with Crippen molar-refractivity contribution in [2.75, 3.05) is 7.11 Å². The van der Waals surface area contributed by atoms with Crippen molar-refractivity contribution in [2.24, 2.45) is 5.16 Å². The van der Waals surface area contributed by atoms with Gasteiger partial charge in [0.05, 0.1) is 27.9 Å². The summed E-state index contributed by atoms with van der Waals surface area (Å²) in [6, 6.07) is 6.83. The summed E-state index contributed by atoms with van der Waals surface area (Å²) >= 11 is 11.9. The topological polar surface area (TPSA) is 64.7 Å². The van der Waals surface area contributed by atoms with Gasteiger partial charge in [-0.3, -0.25) is 4.79 Å². The third kappa shape index (κ3) is 4.58. The predicted octanol–water partition coefficient (Wildman–Crippen LogP) is 3.92. The molecule has 0 atom stereocenters. The Bertz CT molecular complexity index is 669. The zero-order chi connectivity index (χ0) is 15.9.